The summed E-state index contributed by atoms with van der Waals surface area (Å²) in [6.45, 7) is 9.84. The van der Waals surface area contributed by atoms with Crippen molar-refractivity contribution in [2.45, 2.75) is 40.5 Å². The highest BCUT2D eigenvalue weighted by Gasteiger charge is 2.53. The van der Waals surface area contributed by atoms with Gasteiger partial charge in [-0.15, -0.1) is 0 Å². The van der Waals surface area contributed by atoms with Crippen LogP contribution in [0.3, 0.4) is 0 Å². The zero-order chi connectivity index (χ0) is 8.22. The lowest BCUT2D eigenvalue weighted by Crippen LogP contribution is -2.32. The van der Waals surface area contributed by atoms with E-state index >= 15 is 0 Å². The zero-order valence-electron chi connectivity index (χ0n) is 8.22. The van der Waals surface area contributed by atoms with Crippen LogP contribution in [0.4, 0.5) is 0 Å². The van der Waals surface area contributed by atoms with Crippen LogP contribution in [0.1, 0.15) is 40.5 Å². The Hall–Kier alpha value is 0. The average molecular weight is 152 g/mol. The minimum atomic E-state index is 0.641. The number of fused-ring (bicyclic) bond motifs is 2. The fourth-order valence-corrected chi connectivity index (χ4v) is 3.69. The molecule has 0 saturated heterocycles. The Morgan fingerprint density at radius 2 is 1.73 bits per heavy atom. The van der Waals surface area contributed by atoms with Gasteiger partial charge in [-0.2, -0.15) is 0 Å². The Balaban J connectivity index is 2.26. The van der Waals surface area contributed by atoms with E-state index in [-0.39, 0.29) is 0 Å². The van der Waals surface area contributed by atoms with E-state index in [0.29, 0.717) is 5.41 Å². The van der Waals surface area contributed by atoms with E-state index < -0.39 is 0 Å². The second-order valence-corrected chi connectivity index (χ2v) is 5.43. The van der Waals surface area contributed by atoms with E-state index in [0.717, 1.165) is 23.7 Å². The first-order valence-electron chi connectivity index (χ1n) is 5.03. The van der Waals surface area contributed by atoms with E-state index in [4.69, 9.17) is 0 Å². The van der Waals surface area contributed by atoms with Crippen LogP contribution in [0.15, 0.2) is 0 Å². The summed E-state index contributed by atoms with van der Waals surface area (Å²) in [6, 6.07) is 0. The molecule has 4 unspecified atom stereocenters. The molecule has 2 aliphatic carbocycles. The van der Waals surface area contributed by atoms with Gasteiger partial charge in [-0.3, -0.25) is 0 Å². The summed E-state index contributed by atoms with van der Waals surface area (Å²) in [5.74, 6) is 4.07. The molecule has 64 valence electrons. The molecule has 2 bridgehead atoms. The minimum Gasteiger partial charge on any atom is -0.0622 e. The fraction of sp³-hybridized carbons (Fsp3) is 1.00. The highest BCUT2D eigenvalue weighted by atomic mass is 14.6. The van der Waals surface area contributed by atoms with Crippen LogP contribution in [0.25, 0.3) is 0 Å². The average Bonchev–Trinajstić information content (AvgIpc) is 2.35. The molecule has 0 aromatic rings. The topological polar surface area (TPSA) is 0 Å². The van der Waals surface area contributed by atoms with E-state index in [9.17, 15) is 0 Å². The third-order valence-electron chi connectivity index (χ3n) is 4.75. The molecule has 2 rings (SSSR count). The molecule has 0 spiro atoms. The molecule has 11 heavy (non-hydrogen) atoms. The Kier molecular flexibility index (Phi) is 1.41. The Labute approximate surface area is 70.4 Å². The van der Waals surface area contributed by atoms with Crippen molar-refractivity contribution in [3.8, 4) is 0 Å². The molecule has 4 atom stereocenters. The van der Waals surface area contributed by atoms with Crippen molar-refractivity contribution in [2.24, 2.45) is 29.1 Å². The maximum atomic E-state index is 2.47. The van der Waals surface area contributed by atoms with Crippen LogP contribution < -0.4 is 0 Å². The molecule has 0 heteroatoms. The van der Waals surface area contributed by atoms with Crippen LogP contribution in [0.5, 0.6) is 0 Å². The molecule has 0 aliphatic heterocycles. The van der Waals surface area contributed by atoms with Gasteiger partial charge in [0, 0.05) is 0 Å². The van der Waals surface area contributed by atoms with Crippen molar-refractivity contribution in [1.29, 1.82) is 0 Å². The van der Waals surface area contributed by atoms with Gasteiger partial charge in [-0.25, -0.2) is 0 Å². The highest BCUT2D eigenvalue weighted by Crippen LogP contribution is 2.61. The standard InChI is InChI=1S/C11H20/c1-7-5-9-6-10(7)11(3,4)8(9)2/h7-10H,5-6H2,1-4H3. The lowest BCUT2D eigenvalue weighted by atomic mass is 9.66. The molecule has 0 N–H and O–H groups in total. The van der Waals surface area contributed by atoms with Crippen molar-refractivity contribution in [3.63, 3.8) is 0 Å². The minimum absolute atomic E-state index is 0.641. The summed E-state index contributed by atoms with van der Waals surface area (Å²) in [5, 5.41) is 0. The highest BCUT2D eigenvalue weighted by molar-refractivity contribution is 5.02. The number of rotatable bonds is 0. The number of hydrogen-bond acceptors (Lipinski definition) is 0. The summed E-state index contributed by atoms with van der Waals surface area (Å²) in [7, 11) is 0. The van der Waals surface area contributed by atoms with Crippen molar-refractivity contribution >= 4 is 0 Å². The zero-order valence-corrected chi connectivity index (χ0v) is 8.22. The van der Waals surface area contributed by atoms with Gasteiger partial charge in [-0.05, 0) is 41.9 Å². The largest absolute Gasteiger partial charge is 0.0622 e. The van der Waals surface area contributed by atoms with Gasteiger partial charge in [0.1, 0.15) is 0 Å². The van der Waals surface area contributed by atoms with Crippen LogP contribution in [-0.4, -0.2) is 0 Å². The van der Waals surface area contributed by atoms with Gasteiger partial charge in [0.05, 0.1) is 0 Å². The Morgan fingerprint density at radius 1 is 1.09 bits per heavy atom. The second kappa shape index (κ2) is 2.02. The first-order chi connectivity index (χ1) is 5.03. The quantitative estimate of drug-likeness (QED) is 0.499. The van der Waals surface area contributed by atoms with Crippen LogP contribution >= 0.6 is 0 Å². The molecule has 2 fully saturated rings. The van der Waals surface area contributed by atoms with Crippen LogP contribution in [-0.2, 0) is 0 Å². The van der Waals surface area contributed by atoms with Crippen LogP contribution in [0.2, 0.25) is 0 Å². The molecule has 0 radical (unpaired) electrons. The van der Waals surface area contributed by atoms with Gasteiger partial charge in [0.2, 0.25) is 0 Å². The summed E-state index contributed by atoms with van der Waals surface area (Å²) in [5.41, 5.74) is 0.641. The van der Waals surface area contributed by atoms with E-state index in [1.165, 1.54) is 12.8 Å². The predicted molar refractivity (Wildman–Crippen MR) is 48.3 cm³/mol. The van der Waals surface area contributed by atoms with Gasteiger partial charge in [0.15, 0.2) is 0 Å². The first-order valence-corrected chi connectivity index (χ1v) is 5.03. The van der Waals surface area contributed by atoms with Crippen molar-refractivity contribution in [2.75, 3.05) is 0 Å². The maximum absolute atomic E-state index is 2.47. The first kappa shape index (κ1) is 7.64. The molecular weight excluding hydrogens is 132 g/mol. The molecule has 0 aromatic heterocycles. The van der Waals surface area contributed by atoms with Crippen LogP contribution in [0, 0.1) is 29.1 Å². The molecule has 0 heterocycles. The van der Waals surface area contributed by atoms with Gasteiger partial charge < -0.3 is 0 Å². The van der Waals surface area contributed by atoms with Gasteiger partial charge >= 0.3 is 0 Å². The van der Waals surface area contributed by atoms with Crippen molar-refractivity contribution in [3.05, 3.63) is 0 Å². The lowest BCUT2D eigenvalue weighted by molar-refractivity contribution is 0.0959. The van der Waals surface area contributed by atoms with E-state index in [2.05, 4.69) is 27.7 Å². The third-order valence-corrected chi connectivity index (χ3v) is 4.75. The fourth-order valence-electron chi connectivity index (χ4n) is 3.69. The maximum Gasteiger partial charge on any atom is -0.0295 e. The smallest absolute Gasteiger partial charge is 0.0295 e. The predicted octanol–water partition coefficient (Wildman–Crippen LogP) is 3.32. The Morgan fingerprint density at radius 3 is 2.09 bits per heavy atom. The molecule has 2 aliphatic rings. The molecule has 2 saturated carbocycles. The molecule has 0 aromatic carbocycles. The normalized spacial score (nSPS) is 53.5. The Bertz CT molecular complexity index is 169. The molecular formula is C11H20. The summed E-state index contributed by atoms with van der Waals surface area (Å²) in [4.78, 5) is 0. The van der Waals surface area contributed by atoms with E-state index in [1.807, 2.05) is 0 Å². The third kappa shape index (κ3) is 0.816. The molecule has 0 amide bonds. The van der Waals surface area contributed by atoms with Gasteiger partial charge in [-0.1, -0.05) is 27.7 Å². The SMILES string of the molecule is CC1CC2CC1C(C)(C)C2C. The summed E-state index contributed by atoms with van der Waals surface area (Å²) < 4.78 is 0. The van der Waals surface area contributed by atoms with Gasteiger partial charge in [0.25, 0.3) is 0 Å². The van der Waals surface area contributed by atoms with Crippen molar-refractivity contribution < 1.29 is 0 Å². The summed E-state index contributed by atoms with van der Waals surface area (Å²) in [6.07, 6.45) is 3.03. The van der Waals surface area contributed by atoms with E-state index in [1.54, 1.807) is 0 Å². The molecule has 0 nitrogen and oxygen atoms in total. The van der Waals surface area contributed by atoms with Crippen molar-refractivity contribution in [1.82, 2.24) is 0 Å². The monoisotopic (exact) mass is 152 g/mol. The summed E-state index contributed by atoms with van der Waals surface area (Å²) >= 11 is 0. The lowest BCUT2D eigenvalue weighted by Gasteiger charge is -2.39. The number of hydrogen-bond donors (Lipinski definition) is 0. The second-order valence-electron chi connectivity index (χ2n) is 5.43.